The molecule has 12 heteroatoms. The van der Waals surface area contributed by atoms with E-state index < -0.39 is 0 Å². The fourth-order valence-electron chi connectivity index (χ4n) is 9.71. The lowest BCUT2D eigenvalue weighted by Crippen LogP contribution is -2.41. The molecule has 0 bridgehead atoms. The summed E-state index contributed by atoms with van der Waals surface area (Å²) in [6, 6.07) is 15.6. The molecule has 1 aliphatic heterocycles. The first kappa shape index (κ1) is 55.5. The van der Waals surface area contributed by atoms with E-state index in [1.54, 1.807) is 13.3 Å². The second kappa shape index (κ2) is 30.4. The van der Waals surface area contributed by atoms with Crippen LogP contribution in [0.1, 0.15) is 190 Å². The van der Waals surface area contributed by atoms with E-state index >= 15 is 0 Å². The molecule has 3 heterocycles. The first-order valence-corrected chi connectivity index (χ1v) is 27.3. The molecule has 69 heavy (non-hydrogen) atoms. The Morgan fingerprint density at radius 3 is 2.06 bits per heavy atom. The monoisotopic (exact) mass is 972 g/mol. The number of aromatic nitrogens is 2. The van der Waals surface area contributed by atoms with Crippen LogP contribution >= 0.6 is 11.6 Å². The van der Waals surface area contributed by atoms with Gasteiger partial charge < -0.3 is 24.4 Å². The Morgan fingerprint density at radius 2 is 1.46 bits per heavy atom. The van der Waals surface area contributed by atoms with Crippen molar-refractivity contribution in [1.82, 2.24) is 15.3 Å². The van der Waals surface area contributed by atoms with Crippen LogP contribution < -0.4 is 24.6 Å². The van der Waals surface area contributed by atoms with E-state index in [0.29, 0.717) is 48.9 Å². The van der Waals surface area contributed by atoms with Crippen molar-refractivity contribution < 1.29 is 28.6 Å². The average molecular weight is 973 g/mol. The van der Waals surface area contributed by atoms with Gasteiger partial charge in [-0.05, 0) is 99.1 Å². The van der Waals surface area contributed by atoms with Crippen molar-refractivity contribution in [2.45, 2.75) is 175 Å². The highest BCUT2D eigenvalue weighted by atomic mass is 35.5. The number of esters is 1. The normalized spacial score (nSPS) is 14.6. The Hall–Kier alpha value is -4.38. The summed E-state index contributed by atoms with van der Waals surface area (Å²) in [7, 11) is 1.67. The number of benzene rings is 1. The van der Waals surface area contributed by atoms with Crippen LogP contribution in [0.5, 0.6) is 11.6 Å². The maximum atomic E-state index is 15.0. The molecule has 1 unspecified atom stereocenters. The summed E-state index contributed by atoms with van der Waals surface area (Å²) in [5.41, 5.74) is 3.22. The van der Waals surface area contributed by atoms with Crippen LogP contribution in [0.15, 0.2) is 54.7 Å². The number of hydrogen-bond donors (Lipinski definition) is 1. The molecule has 1 atom stereocenters. The maximum Gasteiger partial charge on any atom is 0.313 e. The molecule has 5 rings (SSSR count). The fourth-order valence-corrected chi connectivity index (χ4v) is 9.80. The largest absolute Gasteiger partial charge is 0.497 e. The number of anilines is 2. The van der Waals surface area contributed by atoms with Gasteiger partial charge in [0.2, 0.25) is 11.8 Å². The van der Waals surface area contributed by atoms with Gasteiger partial charge in [0.1, 0.15) is 17.4 Å². The molecule has 11 nitrogen and oxygen atoms in total. The highest BCUT2D eigenvalue weighted by Crippen LogP contribution is 2.40. The van der Waals surface area contributed by atoms with Crippen molar-refractivity contribution in [1.29, 1.82) is 0 Å². The molecule has 1 N–H and O–H groups in total. The van der Waals surface area contributed by atoms with Crippen molar-refractivity contribution in [3.8, 4) is 11.6 Å². The van der Waals surface area contributed by atoms with Gasteiger partial charge in [0.25, 0.3) is 5.91 Å². The van der Waals surface area contributed by atoms with Gasteiger partial charge in [0, 0.05) is 50.2 Å². The van der Waals surface area contributed by atoms with E-state index in [0.717, 1.165) is 80.9 Å². The van der Waals surface area contributed by atoms with Gasteiger partial charge in [-0.15, -0.1) is 11.6 Å². The number of amides is 2. The van der Waals surface area contributed by atoms with Crippen LogP contribution in [-0.4, -0.2) is 80.1 Å². The zero-order chi connectivity index (χ0) is 49.3. The number of carbonyl (C=O) groups is 3. The molecule has 0 spiro atoms. The molecule has 1 aromatic carbocycles. The minimum Gasteiger partial charge on any atom is -0.497 e. The quantitative estimate of drug-likeness (QED) is 0.0354. The smallest absolute Gasteiger partial charge is 0.313 e. The molecular weight excluding hydrogens is 886 g/mol. The highest BCUT2D eigenvalue weighted by molar-refractivity contribution is 6.27. The van der Waals surface area contributed by atoms with Crippen molar-refractivity contribution in [3.63, 3.8) is 0 Å². The van der Waals surface area contributed by atoms with E-state index in [-0.39, 0.29) is 35.0 Å². The number of carbonyl (C=O) groups excluding carboxylic acids is 3. The number of methoxy groups -OCH3 is 1. The van der Waals surface area contributed by atoms with E-state index in [1.165, 1.54) is 103 Å². The van der Waals surface area contributed by atoms with Crippen LogP contribution in [0.2, 0.25) is 0 Å². The summed E-state index contributed by atoms with van der Waals surface area (Å²) in [5, 5.41) is 2.84. The lowest BCUT2D eigenvalue weighted by atomic mass is 9.85. The maximum absolute atomic E-state index is 15.0. The molecule has 2 amide bonds. The predicted molar refractivity (Wildman–Crippen MR) is 281 cm³/mol. The van der Waals surface area contributed by atoms with Crippen molar-refractivity contribution >= 4 is 40.9 Å². The minimum absolute atomic E-state index is 0.0448. The van der Waals surface area contributed by atoms with Crippen LogP contribution in [0.25, 0.3) is 0 Å². The first-order chi connectivity index (χ1) is 33.5. The van der Waals surface area contributed by atoms with Crippen LogP contribution in [-0.2, 0) is 14.3 Å². The van der Waals surface area contributed by atoms with Gasteiger partial charge in [-0.25, -0.2) is 9.97 Å². The van der Waals surface area contributed by atoms with Gasteiger partial charge in [-0.1, -0.05) is 129 Å². The molecule has 1 saturated heterocycles. The summed E-state index contributed by atoms with van der Waals surface area (Å²) in [5.74, 6) is 2.32. The number of unbranched alkanes of at least 4 members (excludes halogenated alkanes) is 15. The molecule has 1 aliphatic carbocycles. The van der Waals surface area contributed by atoms with Crippen LogP contribution in [0.3, 0.4) is 0 Å². The number of pyridine rings is 2. The Kier molecular flexibility index (Phi) is 24.5. The van der Waals surface area contributed by atoms with E-state index in [9.17, 15) is 14.4 Å². The Bertz CT molecular complexity index is 1980. The van der Waals surface area contributed by atoms with E-state index in [4.69, 9.17) is 30.8 Å². The second-order valence-electron chi connectivity index (χ2n) is 20.6. The molecule has 1 saturated carbocycles. The van der Waals surface area contributed by atoms with Crippen molar-refractivity contribution in [2.75, 3.05) is 62.2 Å². The number of piperidine rings is 1. The lowest BCUT2D eigenvalue weighted by molar-refractivity contribution is -0.145. The zero-order valence-corrected chi connectivity index (χ0v) is 43.8. The number of ether oxygens (including phenoxy) is 3. The van der Waals surface area contributed by atoms with Crippen molar-refractivity contribution in [2.24, 2.45) is 17.3 Å². The SMILES string of the molecule is CCOC(=O)C(CC1CC1)c1ccnc(OCC2CCN(c3cc(OC)ccc3C(=O)N(CC(C)(C)CCCCCCCCCCCCCCCCCCNC(=O)CCl)c3cccc(C)n3)CC2)c1. The Morgan fingerprint density at radius 1 is 0.826 bits per heavy atom. The predicted octanol–water partition coefficient (Wildman–Crippen LogP) is 13.2. The van der Waals surface area contributed by atoms with Gasteiger partial charge in [-0.3, -0.25) is 19.3 Å². The molecule has 382 valence electrons. The fraction of sp³-hybridized carbons (Fsp3) is 0.667. The summed E-state index contributed by atoms with van der Waals surface area (Å²) < 4.78 is 17.4. The summed E-state index contributed by atoms with van der Waals surface area (Å²) in [6.07, 6.45) is 28.1. The van der Waals surface area contributed by atoms with Gasteiger partial charge in [0.05, 0.1) is 37.5 Å². The molecule has 3 aromatic rings. The summed E-state index contributed by atoms with van der Waals surface area (Å²) in [6.45, 7) is 12.2. The molecular formula is C57H86ClN5O6. The third-order valence-electron chi connectivity index (χ3n) is 14.1. The molecule has 2 fully saturated rings. The number of halogens is 1. The number of alkyl halides is 1. The number of hydrogen-bond acceptors (Lipinski definition) is 9. The Labute approximate surface area is 420 Å². The molecule has 2 aliphatic rings. The third-order valence-corrected chi connectivity index (χ3v) is 14.3. The van der Waals surface area contributed by atoms with Crippen LogP contribution in [0.4, 0.5) is 11.5 Å². The molecule has 2 aromatic heterocycles. The Balaban J connectivity index is 1.06. The van der Waals surface area contributed by atoms with Gasteiger partial charge in [-0.2, -0.15) is 0 Å². The van der Waals surface area contributed by atoms with Crippen LogP contribution in [0, 0.1) is 24.2 Å². The third kappa shape index (κ3) is 20.1. The summed E-state index contributed by atoms with van der Waals surface area (Å²) >= 11 is 5.52. The zero-order valence-electron chi connectivity index (χ0n) is 43.1. The lowest BCUT2D eigenvalue weighted by Gasteiger charge is -2.36. The van der Waals surface area contributed by atoms with E-state index in [2.05, 4.69) is 29.0 Å². The number of aryl methyl sites for hydroxylation is 1. The van der Waals surface area contributed by atoms with Gasteiger partial charge in [0.15, 0.2) is 0 Å². The number of nitrogens with zero attached hydrogens (tertiary/aromatic N) is 4. The first-order valence-electron chi connectivity index (χ1n) is 26.8. The van der Waals surface area contributed by atoms with Gasteiger partial charge >= 0.3 is 5.97 Å². The number of rotatable bonds is 34. The minimum atomic E-state index is -0.291. The molecule has 0 radical (unpaired) electrons. The second-order valence-corrected chi connectivity index (χ2v) is 20.9. The topological polar surface area (TPSA) is 123 Å². The van der Waals surface area contributed by atoms with E-state index in [1.807, 2.05) is 67.3 Å². The number of nitrogens with one attached hydrogen (secondary N) is 1. The summed E-state index contributed by atoms with van der Waals surface area (Å²) in [4.78, 5) is 52.6. The average Bonchev–Trinajstić information content (AvgIpc) is 4.19. The van der Waals surface area contributed by atoms with Crippen molar-refractivity contribution in [3.05, 3.63) is 71.5 Å². The standard InChI is InChI=1S/C57H86ClN5O6/c1-6-68-56(66)50(38-45-26-27-45)47-30-35-60-54(39-47)69-42-46-31-36-62(37-32-46)51-40-48(67-5)28-29-49(51)55(65)63(52-25-23-24-44(2)61-52)43-57(3,4)33-21-19-17-15-13-11-9-7-8-10-12-14-16-18-20-22-34-59-53(64)41-58/h23-25,28-30,35,39-40,45-46,50H,6-22,26-27,31-34,36-38,41-43H2,1-5H3,(H,59,64). The highest BCUT2D eigenvalue weighted by Gasteiger charge is 2.33.